The molecular formula is C28H50KO3S. The molecule has 187 valence electrons. The fourth-order valence-electron chi connectivity index (χ4n) is 4.18. The summed E-state index contributed by atoms with van der Waals surface area (Å²) in [6.07, 6.45) is 26.8. The standard InChI is InChI=1S/C28H50O3S.K/c1-2-3-4-5-6-7-8-9-10-11-12-13-14-15-16-17-18-19-20-24-27-31-32(29,30)28-25-22-21-23-26-28;/h21-23,25-26H,2-20,24,27H2,1H3;. The smallest absolute Gasteiger partial charge is 0.266 e. The molecule has 1 radical (unpaired) electrons. The van der Waals surface area contributed by atoms with Crippen LogP contribution in [0.2, 0.25) is 0 Å². The molecule has 3 nitrogen and oxygen atoms in total. The van der Waals surface area contributed by atoms with Crippen LogP contribution in [0.25, 0.3) is 0 Å². The van der Waals surface area contributed by atoms with Gasteiger partial charge in [-0.1, -0.05) is 147 Å². The minimum absolute atomic E-state index is 0. The maximum absolute atomic E-state index is 12.0. The van der Waals surface area contributed by atoms with E-state index < -0.39 is 10.1 Å². The Kier molecular flexibility index (Phi) is 25.0. The third-order valence-corrected chi connectivity index (χ3v) is 7.59. The molecule has 33 heavy (non-hydrogen) atoms. The Morgan fingerprint density at radius 2 is 0.879 bits per heavy atom. The molecule has 0 bridgehead atoms. The van der Waals surface area contributed by atoms with Gasteiger partial charge in [0.1, 0.15) is 0 Å². The van der Waals surface area contributed by atoms with E-state index in [1.54, 1.807) is 30.3 Å². The van der Waals surface area contributed by atoms with Crippen LogP contribution in [0.3, 0.4) is 0 Å². The Balaban J connectivity index is 0.0000102. The molecule has 0 N–H and O–H groups in total. The van der Waals surface area contributed by atoms with Gasteiger partial charge >= 0.3 is 0 Å². The van der Waals surface area contributed by atoms with Crippen LogP contribution in [0, 0.1) is 0 Å². The number of hydrogen-bond donors (Lipinski definition) is 0. The summed E-state index contributed by atoms with van der Waals surface area (Å²) in [5.41, 5.74) is 0. The average molecular weight is 506 g/mol. The van der Waals surface area contributed by atoms with Gasteiger partial charge in [-0.25, -0.2) is 0 Å². The second-order valence-corrected chi connectivity index (χ2v) is 10.9. The molecule has 1 aromatic carbocycles. The van der Waals surface area contributed by atoms with E-state index in [4.69, 9.17) is 4.18 Å². The van der Waals surface area contributed by atoms with E-state index in [9.17, 15) is 8.42 Å². The second kappa shape index (κ2) is 24.5. The first-order valence-electron chi connectivity index (χ1n) is 13.6. The van der Waals surface area contributed by atoms with Crippen LogP contribution in [0.1, 0.15) is 135 Å². The van der Waals surface area contributed by atoms with Gasteiger partial charge in [-0.05, 0) is 18.6 Å². The van der Waals surface area contributed by atoms with Gasteiger partial charge in [0.15, 0.2) is 0 Å². The zero-order valence-corrected chi connectivity index (χ0v) is 25.8. The van der Waals surface area contributed by atoms with Crippen molar-refractivity contribution in [2.45, 2.75) is 140 Å². The van der Waals surface area contributed by atoms with Gasteiger partial charge in [-0.2, -0.15) is 8.42 Å². The van der Waals surface area contributed by atoms with E-state index in [2.05, 4.69) is 6.92 Å². The summed E-state index contributed by atoms with van der Waals surface area (Å²) >= 11 is 0. The molecule has 0 atom stereocenters. The summed E-state index contributed by atoms with van der Waals surface area (Å²) in [6, 6.07) is 8.39. The van der Waals surface area contributed by atoms with Gasteiger partial charge in [-0.3, -0.25) is 4.18 Å². The molecule has 0 aliphatic heterocycles. The summed E-state index contributed by atoms with van der Waals surface area (Å²) in [7, 11) is -3.59. The average Bonchev–Trinajstić information content (AvgIpc) is 2.80. The maximum Gasteiger partial charge on any atom is 0.296 e. The molecule has 0 aromatic heterocycles. The van der Waals surface area contributed by atoms with Crippen molar-refractivity contribution in [1.82, 2.24) is 0 Å². The van der Waals surface area contributed by atoms with Crippen LogP contribution in [-0.2, 0) is 14.3 Å². The van der Waals surface area contributed by atoms with Crippen molar-refractivity contribution in [3.05, 3.63) is 30.3 Å². The topological polar surface area (TPSA) is 43.4 Å². The molecule has 0 aliphatic rings. The zero-order valence-electron chi connectivity index (χ0n) is 21.9. The monoisotopic (exact) mass is 505 g/mol. The largest absolute Gasteiger partial charge is 0.296 e. The SMILES string of the molecule is CCCCCCCCCCCCCCCCCCCCCCOS(=O)(=O)c1ccccc1.[K]. The van der Waals surface area contributed by atoms with Crippen LogP contribution in [0.5, 0.6) is 0 Å². The predicted molar refractivity (Wildman–Crippen MR) is 143 cm³/mol. The summed E-state index contributed by atoms with van der Waals surface area (Å²) in [6.45, 7) is 2.57. The van der Waals surface area contributed by atoms with Crippen LogP contribution in [0.15, 0.2) is 35.2 Å². The van der Waals surface area contributed by atoms with Crippen LogP contribution in [-0.4, -0.2) is 66.4 Å². The molecule has 0 fully saturated rings. The van der Waals surface area contributed by atoms with Crippen molar-refractivity contribution in [2.75, 3.05) is 6.61 Å². The van der Waals surface area contributed by atoms with Gasteiger partial charge in [0, 0.05) is 51.4 Å². The van der Waals surface area contributed by atoms with E-state index in [1.165, 1.54) is 116 Å². The summed E-state index contributed by atoms with van der Waals surface area (Å²) in [5.74, 6) is 0. The predicted octanol–water partition coefficient (Wildman–Crippen LogP) is 8.83. The Labute approximate surface area is 248 Å². The molecule has 0 spiro atoms. The number of rotatable bonds is 23. The van der Waals surface area contributed by atoms with Crippen molar-refractivity contribution in [1.29, 1.82) is 0 Å². The molecule has 1 aromatic rings. The number of hydrogen-bond acceptors (Lipinski definition) is 3. The first kappa shape index (κ1) is 33.8. The minimum Gasteiger partial charge on any atom is -0.266 e. The Morgan fingerprint density at radius 3 is 1.24 bits per heavy atom. The maximum atomic E-state index is 12.0. The molecule has 0 unspecified atom stereocenters. The van der Waals surface area contributed by atoms with E-state index in [0.717, 1.165) is 12.8 Å². The fourth-order valence-corrected chi connectivity index (χ4v) is 5.14. The number of benzene rings is 1. The number of unbranched alkanes of at least 4 members (excludes halogenated alkanes) is 19. The molecule has 0 saturated heterocycles. The van der Waals surface area contributed by atoms with Crippen LogP contribution in [0.4, 0.5) is 0 Å². The molecule has 1 rings (SSSR count). The third kappa shape index (κ3) is 20.6. The minimum atomic E-state index is -3.59. The zero-order chi connectivity index (χ0) is 23.2. The van der Waals surface area contributed by atoms with Gasteiger partial charge in [0.2, 0.25) is 0 Å². The van der Waals surface area contributed by atoms with Crippen molar-refractivity contribution >= 4 is 61.5 Å². The van der Waals surface area contributed by atoms with Crippen molar-refractivity contribution in [2.24, 2.45) is 0 Å². The summed E-state index contributed by atoms with van der Waals surface area (Å²) < 4.78 is 29.1. The molecule has 0 amide bonds. The summed E-state index contributed by atoms with van der Waals surface area (Å²) in [5, 5.41) is 0. The molecule has 5 heteroatoms. The van der Waals surface area contributed by atoms with E-state index in [0.29, 0.717) is 0 Å². The second-order valence-electron chi connectivity index (χ2n) is 9.31. The molecule has 0 saturated carbocycles. The van der Waals surface area contributed by atoms with Gasteiger partial charge < -0.3 is 0 Å². The van der Waals surface area contributed by atoms with E-state index >= 15 is 0 Å². The van der Waals surface area contributed by atoms with Crippen LogP contribution < -0.4 is 0 Å². The van der Waals surface area contributed by atoms with Gasteiger partial charge in [-0.15, -0.1) is 0 Å². The Morgan fingerprint density at radius 1 is 0.545 bits per heavy atom. The van der Waals surface area contributed by atoms with Gasteiger partial charge in [0.25, 0.3) is 10.1 Å². The van der Waals surface area contributed by atoms with Crippen molar-refractivity contribution < 1.29 is 12.6 Å². The first-order chi connectivity index (χ1) is 15.7. The summed E-state index contributed by atoms with van der Waals surface area (Å²) in [4.78, 5) is 0.244. The molecule has 0 heterocycles. The van der Waals surface area contributed by atoms with E-state index in [1.807, 2.05) is 0 Å². The van der Waals surface area contributed by atoms with Crippen LogP contribution >= 0.6 is 0 Å². The fraction of sp³-hybridized carbons (Fsp3) is 0.786. The van der Waals surface area contributed by atoms with Crippen molar-refractivity contribution in [3.63, 3.8) is 0 Å². The van der Waals surface area contributed by atoms with E-state index in [-0.39, 0.29) is 62.9 Å². The van der Waals surface area contributed by atoms with Gasteiger partial charge in [0.05, 0.1) is 11.5 Å². The normalized spacial score (nSPS) is 11.4. The quantitative estimate of drug-likeness (QED) is 0.0847. The first-order valence-corrected chi connectivity index (χ1v) is 15.0. The Hall–Kier alpha value is 0.766. The molecular weight excluding hydrogens is 455 g/mol. The third-order valence-electron chi connectivity index (χ3n) is 6.27. The van der Waals surface area contributed by atoms with Crippen molar-refractivity contribution in [3.8, 4) is 0 Å². The Bertz CT molecular complexity index is 619. The molecule has 0 aliphatic carbocycles.